The smallest absolute Gasteiger partial charge is 0.323 e. The number of amides is 1. The SMILES string of the molecule is Cc1c(-c2cccnc2)n(CCCCCCCC(=O)O[C@@H]2CC(N[C@@H](CCc3ccccc3)C(=O)O)C(=O)N(CC(=O)O)c3ccccc32)c2ccccc12. The monoisotopic (exact) mass is 744 g/mol. The minimum Gasteiger partial charge on any atom is -0.480 e. The molecule has 1 aliphatic rings. The molecule has 0 bridgehead atoms. The number of carbonyl (C=O) groups is 4. The highest BCUT2D eigenvalue weighted by molar-refractivity contribution is 6.02. The molecule has 6 rings (SSSR count). The Kier molecular flexibility index (Phi) is 13.1. The zero-order chi connectivity index (χ0) is 38.7. The number of esters is 1. The van der Waals surface area contributed by atoms with Gasteiger partial charge in [-0.25, -0.2) is 0 Å². The molecule has 0 radical (unpaired) electrons. The molecule has 55 heavy (non-hydrogen) atoms. The Hall–Kier alpha value is -5.81. The zero-order valence-corrected chi connectivity index (χ0v) is 31.1. The first-order chi connectivity index (χ1) is 26.7. The van der Waals surface area contributed by atoms with Gasteiger partial charge >= 0.3 is 17.9 Å². The van der Waals surface area contributed by atoms with Gasteiger partial charge in [0, 0.05) is 53.8 Å². The number of carboxylic acids is 2. The van der Waals surface area contributed by atoms with Crippen molar-refractivity contribution in [2.75, 3.05) is 11.4 Å². The Morgan fingerprint density at radius 2 is 1.62 bits per heavy atom. The van der Waals surface area contributed by atoms with Crippen molar-refractivity contribution in [2.24, 2.45) is 0 Å². The summed E-state index contributed by atoms with van der Waals surface area (Å²) in [5, 5.41) is 24.0. The van der Waals surface area contributed by atoms with E-state index in [0.29, 0.717) is 24.1 Å². The van der Waals surface area contributed by atoms with Gasteiger partial charge < -0.3 is 19.5 Å². The number of ether oxygens (including phenoxy) is 1. The number of benzene rings is 3. The van der Waals surface area contributed by atoms with E-state index in [4.69, 9.17) is 4.74 Å². The molecule has 11 heteroatoms. The van der Waals surface area contributed by atoms with E-state index in [1.54, 1.807) is 30.5 Å². The Balaban J connectivity index is 1.06. The van der Waals surface area contributed by atoms with E-state index >= 15 is 0 Å². The van der Waals surface area contributed by atoms with E-state index in [1.165, 1.54) is 22.2 Å². The van der Waals surface area contributed by atoms with Crippen LogP contribution >= 0.6 is 0 Å². The molecule has 2 aromatic heterocycles. The maximum Gasteiger partial charge on any atom is 0.323 e. The van der Waals surface area contributed by atoms with Gasteiger partial charge in [0.25, 0.3) is 0 Å². The molecule has 0 saturated heterocycles. The summed E-state index contributed by atoms with van der Waals surface area (Å²) < 4.78 is 8.41. The van der Waals surface area contributed by atoms with E-state index in [1.807, 2.05) is 42.6 Å². The lowest BCUT2D eigenvalue weighted by atomic mass is 10.00. The predicted octanol–water partition coefficient (Wildman–Crippen LogP) is 7.50. The average molecular weight is 745 g/mol. The summed E-state index contributed by atoms with van der Waals surface area (Å²) in [7, 11) is 0. The third-order valence-corrected chi connectivity index (χ3v) is 10.3. The third kappa shape index (κ3) is 9.66. The van der Waals surface area contributed by atoms with Gasteiger partial charge in [0.2, 0.25) is 5.91 Å². The predicted molar refractivity (Wildman–Crippen MR) is 211 cm³/mol. The van der Waals surface area contributed by atoms with E-state index in [-0.39, 0.29) is 19.3 Å². The van der Waals surface area contributed by atoms with Crippen molar-refractivity contribution >= 4 is 40.4 Å². The molecule has 3 atom stereocenters. The van der Waals surface area contributed by atoms with Crippen LogP contribution in [0, 0.1) is 6.92 Å². The first-order valence-corrected chi connectivity index (χ1v) is 19.0. The van der Waals surface area contributed by atoms with Gasteiger partial charge in [-0.15, -0.1) is 0 Å². The van der Waals surface area contributed by atoms with E-state index < -0.39 is 48.5 Å². The van der Waals surface area contributed by atoms with Gasteiger partial charge in [-0.2, -0.15) is 0 Å². The molecule has 5 aromatic rings. The fraction of sp³-hybridized carbons (Fsp3) is 0.341. The first kappa shape index (κ1) is 38.9. The number of carbonyl (C=O) groups excluding carboxylic acids is 2. The number of nitrogens with one attached hydrogen (secondary N) is 1. The maximum absolute atomic E-state index is 13.9. The number of para-hydroxylation sites is 2. The molecule has 0 saturated carbocycles. The number of anilines is 1. The number of carboxylic acid groups (broad SMARTS) is 2. The zero-order valence-electron chi connectivity index (χ0n) is 31.1. The lowest BCUT2D eigenvalue weighted by Gasteiger charge is -2.26. The van der Waals surface area contributed by atoms with Crippen LogP contribution in [0.25, 0.3) is 22.2 Å². The number of unbranched alkanes of at least 4 members (excludes halogenated alkanes) is 4. The van der Waals surface area contributed by atoms with Crippen LogP contribution in [0.5, 0.6) is 0 Å². The standard InChI is InChI=1S/C44H48N4O7/c1-30-33-18-9-11-20-37(33)47(42(30)32-17-14-25-45-28-32)26-13-4-2-3-8-22-41(51)55-39-27-36(46-35(44(53)54)24-23-31-15-6-5-7-16-31)43(52)48(29-40(49)50)38-21-12-10-19-34(38)39/h5-7,9-12,14-21,25,28,35-36,39,46H,2-4,8,13,22-24,26-27,29H2,1H3,(H,49,50)(H,53,54)/t35-,36?,39+/m0/s1. The van der Waals surface area contributed by atoms with Gasteiger partial charge in [0.05, 0.1) is 17.4 Å². The van der Waals surface area contributed by atoms with Crippen molar-refractivity contribution in [1.82, 2.24) is 14.9 Å². The number of nitrogens with zero attached hydrogens (tertiary/aromatic N) is 3. The number of pyridine rings is 1. The molecule has 3 aromatic carbocycles. The molecule has 0 aliphatic carbocycles. The van der Waals surface area contributed by atoms with Crippen molar-refractivity contribution in [3.63, 3.8) is 0 Å². The number of aliphatic carboxylic acids is 2. The Labute approximate surface area is 321 Å². The normalized spacial score (nSPS) is 16.0. The van der Waals surface area contributed by atoms with Crippen LogP contribution in [0.3, 0.4) is 0 Å². The van der Waals surface area contributed by atoms with Gasteiger partial charge in [-0.3, -0.25) is 34.4 Å². The highest BCUT2D eigenvalue weighted by atomic mass is 16.5. The lowest BCUT2D eigenvalue weighted by molar-refractivity contribution is -0.151. The van der Waals surface area contributed by atoms with Crippen molar-refractivity contribution in [3.8, 4) is 11.3 Å². The lowest BCUT2D eigenvalue weighted by Crippen LogP contribution is -2.53. The number of hydrogen-bond acceptors (Lipinski definition) is 7. The topological polar surface area (TPSA) is 151 Å². The summed E-state index contributed by atoms with van der Waals surface area (Å²) in [6, 6.07) is 26.5. The second-order valence-electron chi connectivity index (χ2n) is 14.1. The second kappa shape index (κ2) is 18.5. The van der Waals surface area contributed by atoms with Gasteiger partial charge in [0.15, 0.2) is 0 Å². The molecule has 0 spiro atoms. The molecular formula is C44H48N4O7. The molecular weight excluding hydrogens is 697 g/mol. The van der Waals surface area contributed by atoms with E-state index in [9.17, 15) is 29.4 Å². The number of hydrogen-bond donors (Lipinski definition) is 3. The highest BCUT2D eigenvalue weighted by Gasteiger charge is 2.39. The third-order valence-electron chi connectivity index (χ3n) is 10.3. The maximum atomic E-state index is 13.9. The van der Waals surface area contributed by atoms with Crippen LogP contribution in [0.1, 0.15) is 74.2 Å². The summed E-state index contributed by atoms with van der Waals surface area (Å²) in [5.74, 6) is -3.36. The van der Waals surface area contributed by atoms with Gasteiger partial charge in [-0.1, -0.05) is 86.0 Å². The fourth-order valence-corrected chi connectivity index (χ4v) is 7.65. The Morgan fingerprint density at radius 3 is 2.38 bits per heavy atom. The summed E-state index contributed by atoms with van der Waals surface area (Å²) in [6.07, 6.45) is 8.00. The molecule has 1 amide bonds. The van der Waals surface area contributed by atoms with E-state index in [2.05, 4.69) is 52.1 Å². The molecule has 11 nitrogen and oxygen atoms in total. The summed E-state index contributed by atoms with van der Waals surface area (Å²) in [5.41, 5.74) is 6.51. The van der Waals surface area contributed by atoms with Gasteiger partial charge in [-0.05, 0) is 68.0 Å². The van der Waals surface area contributed by atoms with Crippen LogP contribution < -0.4 is 10.2 Å². The summed E-state index contributed by atoms with van der Waals surface area (Å²) in [6.45, 7) is 2.40. The first-order valence-electron chi connectivity index (χ1n) is 19.0. The van der Waals surface area contributed by atoms with Crippen molar-refractivity contribution in [3.05, 3.63) is 120 Å². The number of rotatable bonds is 18. The van der Waals surface area contributed by atoms with Crippen molar-refractivity contribution in [2.45, 2.75) is 89.4 Å². The van der Waals surface area contributed by atoms with Crippen molar-refractivity contribution < 1.29 is 34.1 Å². The molecule has 0 fully saturated rings. The quantitative estimate of drug-likeness (QED) is 0.0612. The van der Waals surface area contributed by atoms with Crippen LogP contribution in [0.2, 0.25) is 0 Å². The van der Waals surface area contributed by atoms with Crippen molar-refractivity contribution in [1.29, 1.82) is 0 Å². The number of aryl methyl sites for hydroxylation is 3. The number of fused-ring (bicyclic) bond motifs is 2. The van der Waals surface area contributed by atoms with Crippen LogP contribution in [-0.4, -0.2) is 62.2 Å². The number of aromatic nitrogens is 2. The van der Waals surface area contributed by atoms with Gasteiger partial charge in [0.1, 0.15) is 18.7 Å². The van der Waals surface area contributed by atoms with Crippen LogP contribution in [0.15, 0.2) is 103 Å². The minimum absolute atomic E-state index is 0.0403. The molecule has 1 aliphatic heterocycles. The molecule has 286 valence electrons. The molecule has 3 heterocycles. The summed E-state index contributed by atoms with van der Waals surface area (Å²) in [4.78, 5) is 57.0. The Bertz CT molecular complexity index is 2100. The highest BCUT2D eigenvalue weighted by Crippen LogP contribution is 2.37. The van der Waals surface area contributed by atoms with E-state index in [0.717, 1.165) is 48.3 Å². The molecule has 3 N–H and O–H groups in total. The fourth-order valence-electron chi connectivity index (χ4n) is 7.65. The van der Waals surface area contributed by atoms with Crippen LogP contribution in [0.4, 0.5) is 5.69 Å². The average Bonchev–Trinajstić information content (AvgIpc) is 3.42. The molecule has 1 unspecified atom stereocenters. The van der Waals surface area contributed by atoms with Crippen LogP contribution in [-0.2, 0) is 36.9 Å². The second-order valence-corrected chi connectivity index (χ2v) is 14.1. The summed E-state index contributed by atoms with van der Waals surface area (Å²) >= 11 is 0. The Morgan fingerprint density at radius 1 is 0.891 bits per heavy atom. The minimum atomic E-state index is -1.22. The largest absolute Gasteiger partial charge is 0.480 e.